The first kappa shape index (κ1) is 22.6. The van der Waals surface area contributed by atoms with E-state index in [1.807, 2.05) is 29.1 Å². The lowest BCUT2D eigenvalue weighted by Gasteiger charge is -2.32. The standard InChI is InChI=1S/C23H30N6O2S/c1-3-20(27(13-9-24-2)15-17-7-11-28(31)12-8-17)22-26-19-6-4-5-18(19)23(30)29(22)16-21-25-10-14-32-21/h7-8,10-12,14,20,24H,3-6,9,13,15-16H2,1-2H3. The van der Waals surface area contributed by atoms with Crippen LogP contribution >= 0.6 is 11.3 Å². The van der Waals surface area contributed by atoms with Crippen LogP contribution in [0.1, 0.15) is 53.5 Å². The van der Waals surface area contributed by atoms with Gasteiger partial charge in [-0.05, 0) is 38.3 Å². The van der Waals surface area contributed by atoms with Gasteiger partial charge in [0.25, 0.3) is 5.56 Å². The molecule has 9 heteroatoms. The van der Waals surface area contributed by atoms with Gasteiger partial charge in [0, 0.05) is 48.9 Å². The fraction of sp³-hybridized carbons (Fsp3) is 0.478. The number of nitrogens with one attached hydrogen (secondary N) is 1. The van der Waals surface area contributed by atoms with Crippen LogP contribution in [0.25, 0.3) is 0 Å². The van der Waals surface area contributed by atoms with Crippen molar-refractivity contribution in [2.24, 2.45) is 0 Å². The van der Waals surface area contributed by atoms with Crippen molar-refractivity contribution in [3.05, 3.63) is 79.3 Å². The summed E-state index contributed by atoms with van der Waals surface area (Å²) in [6, 6.07) is 3.68. The molecule has 3 aromatic rings. The van der Waals surface area contributed by atoms with E-state index in [1.165, 1.54) is 12.4 Å². The summed E-state index contributed by atoms with van der Waals surface area (Å²) in [5, 5.41) is 17.6. The molecule has 0 saturated heterocycles. The van der Waals surface area contributed by atoms with Gasteiger partial charge in [0.15, 0.2) is 12.4 Å². The molecule has 3 heterocycles. The number of pyridine rings is 1. The average molecular weight is 455 g/mol. The molecule has 1 atom stereocenters. The molecule has 3 aromatic heterocycles. The Kier molecular flexibility index (Phi) is 7.29. The Hall–Kier alpha value is -2.62. The lowest BCUT2D eigenvalue weighted by molar-refractivity contribution is -0.605. The van der Waals surface area contributed by atoms with Crippen LogP contribution in [-0.4, -0.2) is 39.6 Å². The molecular formula is C23H30N6O2S. The van der Waals surface area contributed by atoms with Crippen LogP contribution in [0, 0.1) is 5.21 Å². The Morgan fingerprint density at radius 2 is 2.16 bits per heavy atom. The highest BCUT2D eigenvalue weighted by Gasteiger charge is 2.28. The summed E-state index contributed by atoms with van der Waals surface area (Å²) < 4.78 is 2.65. The summed E-state index contributed by atoms with van der Waals surface area (Å²) in [5.41, 5.74) is 2.96. The summed E-state index contributed by atoms with van der Waals surface area (Å²) in [6.45, 7) is 4.87. The van der Waals surface area contributed by atoms with Crippen LogP contribution in [0.15, 0.2) is 40.9 Å². The second-order valence-electron chi connectivity index (χ2n) is 8.13. The van der Waals surface area contributed by atoms with Gasteiger partial charge in [0.1, 0.15) is 10.8 Å². The van der Waals surface area contributed by atoms with E-state index in [1.54, 1.807) is 17.5 Å². The minimum Gasteiger partial charge on any atom is -0.619 e. The van der Waals surface area contributed by atoms with Crippen molar-refractivity contribution in [3.8, 4) is 0 Å². The molecule has 0 aliphatic heterocycles. The molecule has 0 radical (unpaired) electrons. The van der Waals surface area contributed by atoms with Gasteiger partial charge in [0.2, 0.25) is 0 Å². The van der Waals surface area contributed by atoms with Crippen LogP contribution in [0.2, 0.25) is 0 Å². The summed E-state index contributed by atoms with van der Waals surface area (Å²) in [6.07, 6.45) is 8.30. The number of nitrogens with zero attached hydrogens (tertiary/aromatic N) is 5. The zero-order chi connectivity index (χ0) is 22.5. The summed E-state index contributed by atoms with van der Waals surface area (Å²) in [4.78, 5) is 25.3. The lowest BCUT2D eigenvalue weighted by atomic mass is 10.1. The predicted molar refractivity (Wildman–Crippen MR) is 125 cm³/mol. The van der Waals surface area contributed by atoms with Gasteiger partial charge in [0.05, 0.1) is 18.3 Å². The molecule has 0 saturated carbocycles. The molecule has 0 spiro atoms. The SMILES string of the molecule is CCC(c1nc2c(c(=O)n1Cc1nccs1)CCC2)N(CCNC)Cc1cc[n+]([O-])cc1. The Bertz CT molecular complexity index is 1080. The molecule has 1 N–H and O–H groups in total. The van der Waals surface area contributed by atoms with E-state index in [4.69, 9.17) is 4.98 Å². The zero-order valence-corrected chi connectivity index (χ0v) is 19.5. The molecule has 0 fully saturated rings. The van der Waals surface area contributed by atoms with Crippen LogP contribution < -0.4 is 15.6 Å². The molecule has 0 bridgehead atoms. The number of likely N-dealkylation sites (N-methyl/N-ethyl adjacent to an activating group) is 1. The second kappa shape index (κ2) is 10.3. The topological polar surface area (TPSA) is 90.0 Å². The first-order chi connectivity index (χ1) is 15.6. The second-order valence-corrected chi connectivity index (χ2v) is 9.11. The minimum atomic E-state index is -0.0264. The molecular weight excluding hydrogens is 424 g/mol. The van der Waals surface area contributed by atoms with Crippen molar-refractivity contribution in [1.82, 2.24) is 24.8 Å². The maximum Gasteiger partial charge on any atom is 0.257 e. The highest BCUT2D eigenvalue weighted by atomic mass is 32.1. The first-order valence-electron chi connectivity index (χ1n) is 11.2. The molecule has 1 aliphatic carbocycles. The first-order valence-corrected chi connectivity index (χ1v) is 12.1. The van der Waals surface area contributed by atoms with Gasteiger partial charge < -0.3 is 10.5 Å². The number of aryl methyl sites for hydroxylation is 1. The Balaban J connectivity index is 1.75. The third-order valence-electron chi connectivity index (χ3n) is 6.03. The highest BCUT2D eigenvalue weighted by Crippen LogP contribution is 2.27. The molecule has 1 unspecified atom stereocenters. The zero-order valence-electron chi connectivity index (χ0n) is 18.7. The van der Waals surface area contributed by atoms with Gasteiger partial charge in [-0.25, -0.2) is 9.97 Å². The highest BCUT2D eigenvalue weighted by molar-refractivity contribution is 7.09. The number of rotatable bonds is 10. The number of hydrogen-bond donors (Lipinski definition) is 1. The number of fused-ring (bicyclic) bond motifs is 1. The van der Waals surface area contributed by atoms with Gasteiger partial charge in [-0.2, -0.15) is 4.73 Å². The average Bonchev–Trinajstić information content (AvgIpc) is 3.48. The quantitative estimate of drug-likeness (QED) is 0.373. The number of hydrogen-bond acceptors (Lipinski definition) is 7. The Morgan fingerprint density at radius 1 is 1.34 bits per heavy atom. The summed E-state index contributed by atoms with van der Waals surface area (Å²) in [5.74, 6) is 0.819. The molecule has 0 aromatic carbocycles. The van der Waals surface area contributed by atoms with Crippen LogP contribution in [-0.2, 0) is 25.9 Å². The van der Waals surface area contributed by atoms with Gasteiger partial charge in [-0.3, -0.25) is 14.3 Å². The monoisotopic (exact) mass is 454 g/mol. The van der Waals surface area contributed by atoms with E-state index in [-0.39, 0.29) is 11.6 Å². The van der Waals surface area contributed by atoms with E-state index >= 15 is 0 Å². The van der Waals surface area contributed by atoms with E-state index < -0.39 is 0 Å². The number of aromatic nitrogens is 4. The molecule has 4 rings (SSSR count). The van der Waals surface area contributed by atoms with Gasteiger partial charge >= 0.3 is 0 Å². The minimum absolute atomic E-state index is 0.0264. The largest absolute Gasteiger partial charge is 0.619 e. The van der Waals surface area contributed by atoms with Crippen molar-refractivity contribution in [1.29, 1.82) is 0 Å². The normalized spacial score (nSPS) is 14.1. The Morgan fingerprint density at radius 3 is 2.84 bits per heavy atom. The molecule has 170 valence electrons. The fourth-order valence-corrected chi connectivity index (χ4v) is 5.01. The molecule has 8 nitrogen and oxygen atoms in total. The summed E-state index contributed by atoms with van der Waals surface area (Å²) in [7, 11) is 1.94. The smallest absolute Gasteiger partial charge is 0.257 e. The van der Waals surface area contributed by atoms with Crippen LogP contribution in [0.5, 0.6) is 0 Å². The van der Waals surface area contributed by atoms with Gasteiger partial charge in [-0.1, -0.05) is 6.92 Å². The molecule has 32 heavy (non-hydrogen) atoms. The van der Waals surface area contributed by atoms with E-state index in [0.717, 1.165) is 71.2 Å². The Labute approximate surface area is 192 Å². The maximum atomic E-state index is 13.5. The fourth-order valence-electron chi connectivity index (χ4n) is 4.41. The summed E-state index contributed by atoms with van der Waals surface area (Å²) >= 11 is 1.56. The van der Waals surface area contributed by atoms with Crippen LogP contribution in [0.4, 0.5) is 0 Å². The lowest BCUT2D eigenvalue weighted by Crippen LogP contribution is -2.39. The van der Waals surface area contributed by atoms with Crippen molar-refractivity contribution >= 4 is 11.3 Å². The van der Waals surface area contributed by atoms with E-state index in [9.17, 15) is 10.0 Å². The van der Waals surface area contributed by atoms with Crippen molar-refractivity contribution in [3.63, 3.8) is 0 Å². The van der Waals surface area contributed by atoms with Crippen molar-refractivity contribution in [2.75, 3.05) is 20.1 Å². The third kappa shape index (κ3) is 4.90. The van der Waals surface area contributed by atoms with Crippen molar-refractivity contribution in [2.45, 2.75) is 51.7 Å². The van der Waals surface area contributed by atoms with E-state index in [0.29, 0.717) is 13.1 Å². The van der Waals surface area contributed by atoms with E-state index in [2.05, 4.69) is 22.1 Å². The predicted octanol–water partition coefficient (Wildman–Crippen LogP) is 2.04. The van der Waals surface area contributed by atoms with Gasteiger partial charge in [-0.15, -0.1) is 11.3 Å². The molecule has 1 aliphatic rings. The van der Waals surface area contributed by atoms with Crippen LogP contribution in [0.3, 0.4) is 0 Å². The van der Waals surface area contributed by atoms with Crippen molar-refractivity contribution < 1.29 is 4.73 Å². The third-order valence-corrected chi connectivity index (χ3v) is 6.79. The number of thiazole rings is 1. The molecule has 0 amide bonds. The maximum absolute atomic E-state index is 13.5.